The molecule has 0 saturated carbocycles. The highest BCUT2D eigenvalue weighted by Crippen LogP contribution is 2.23. The molecule has 1 saturated heterocycles. The first-order chi connectivity index (χ1) is 14.8. The summed E-state index contributed by atoms with van der Waals surface area (Å²) in [6, 6.07) is 20.0. The molecule has 4 aromatic rings. The van der Waals surface area contributed by atoms with Crippen LogP contribution in [0, 0.1) is 0 Å². The van der Waals surface area contributed by atoms with E-state index < -0.39 is 0 Å². The van der Waals surface area contributed by atoms with Crippen molar-refractivity contribution in [3.8, 4) is 5.69 Å². The van der Waals surface area contributed by atoms with Gasteiger partial charge in [0.25, 0.3) is 0 Å². The van der Waals surface area contributed by atoms with Crippen molar-refractivity contribution in [1.82, 2.24) is 19.7 Å². The quantitative estimate of drug-likeness (QED) is 0.524. The summed E-state index contributed by atoms with van der Waals surface area (Å²) >= 11 is 0. The molecule has 1 unspecified atom stereocenters. The predicted octanol–water partition coefficient (Wildman–Crippen LogP) is 4.35. The lowest BCUT2D eigenvalue weighted by Crippen LogP contribution is -2.46. The first kappa shape index (κ1) is 18.6. The number of hydrogen-bond donors (Lipinski definition) is 2. The average molecular weight is 399 g/mol. The Bertz CT molecular complexity index is 1100. The molecular weight excluding hydrogens is 374 g/mol. The van der Waals surface area contributed by atoms with Crippen molar-refractivity contribution < 1.29 is 4.79 Å². The minimum atomic E-state index is -0.115. The number of nitrogens with one attached hydrogen (secondary N) is 2. The molecule has 3 heterocycles. The van der Waals surface area contributed by atoms with E-state index in [2.05, 4.69) is 44.6 Å². The fourth-order valence-electron chi connectivity index (χ4n) is 4.26. The number of carbonyl (C=O) groups is 1. The van der Waals surface area contributed by atoms with Crippen molar-refractivity contribution in [3.63, 3.8) is 0 Å². The topological polar surface area (TPSA) is 66.0 Å². The largest absolute Gasteiger partial charge is 0.357 e. The Balaban J connectivity index is 1.28. The van der Waals surface area contributed by atoms with Crippen molar-refractivity contribution in [2.75, 3.05) is 11.9 Å². The molecule has 6 heteroatoms. The molecule has 152 valence electrons. The van der Waals surface area contributed by atoms with Gasteiger partial charge in [0.05, 0.1) is 11.7 Å². The van der Waals surface area contributed by atoms with Gasteiger partial charge < -0.3 is 10.3 Å². The summed E-state index contributed by atoms with van der Waals surface area (Å²) < 4.78 is 1.80. The normalized spacial score (nSPS) is 17.3. The summed E-state index contributed by atoms with van der Waals surface area (Å²) in [7, 11) is 0. The Labute approximate surface area is 175 Å². The van der Waals surface area contributed by atoms with Crippen LogP contribution in [0.5, 0.6) is 0 Å². The highest BCUT2D eigenvalue weighted by molar-refractivity contribution is 5.95. The SMILES string of the molecule is O=C(Nc1ccc(-n2cccn2)cc1)C1CCCCN1Cc1cc2ccccc2[nH]1. The molecule has 2 aromatic heterocycles. The smallest absolute Gasteiger partial charge is 0.241 e. The van der Waals surface area contributed by atoms with E-state index in [0.29, 0.717) is 0 Å². The number of benzene rings is 2. The van der Waals surface area contributed by atoms with Crippen molar-refractivity contribution in [3.05, 3.63) is 78.8 Å². The zero-order valence-electron chi connectivity index (χ0n) is 16.8. The Morgan fingerprint density at radius 3 is 2.77 bits per heavy atom. The number of aromatic nitrogens is 3. The highest BCUT2D eigenvalue weighted by Gasteiger charge is 2.29. The minimum absolute atomic E-state index is 0.0673. The lowest BCUT2D eigenvalue weighted by molar-refractivity contribution is -0.122. The molecule has 1 amide bonds. The Morgan fingerprint density at radius 1 is 1.10 bits per heavy atom. The minimum Gasteiger partial charge on any atom is -0.357 e. The van der Waals surface area contributed by atoms with E-state index >= 15 is 0 Å². The molecular formula is C24H25N5O. The molecule has 1 aliphatic rings. The van der Waals surface area contributed by atoms with Crippen LogP contribution in [-0.2, 0) is 11.3 Å². The molecule has 0 spiro atoms. The summed E-state index contributed by atoms with van der Waals surface area (Å²) in [5.74, 6) is 0.0673. The average Bonchev–Trinajstić information content (AvgIpc) is 3.44. The zero-order valence-corrected chi connectivity index (χ0v) is 16.8. The molecule has 0 aliphatic carbocycles. The van der Waals surface area contributed by atoms with E-state index in [1.807, 2.05) is 42.6 Å². The number of amides is 1. The fourth-order valence-corrected chi connectivity index (χ4v) is 4.26. The second-order valence-electron chi connectivity index (χ2n) is 7.85. The molecule has 0 bridgehead atoms. The Morgan fingerprint density at radius 2 is 1.97 bits per heavy atom. The number of fused-ring (bicyclic) bond motifs is 1. The van der Waals surface area contributed by atoms with Crippen molar-refractivity contribution >= 4 is 22.5 Å². The van der Waals surface area contributed by atoms with Crippen LogP contribution >= 0.6 is 0 Å². The first-order valence-corrected chi connectivity index (χ1v) is 10.5. The number of hydrogen-bond acceptors (Lipinski definition) is 3. The van der Waals surface area contributed by atoms with Gasteiger partial charge in [-0.1, -0.05) is 24.6 Å². The summed E-state index contributed by atoms with van der Waals surface area (Å²) in [5, 5.41) is 8.55. The number of likely N-dealkylation sites (tertiary alicyclic amines) is 1. The third kappa shape index (κ3) is 3.86. The maximum Gasteiger partial charge on any atom is 0.241 e. The van der Waals surface area contributed by atoms with Gasteiger partial charge >= 0.3 is 0 Å². The van der Waals surface area contributed by atoms with E-state index in [9.17, 15) is 4.79 Å². The number of para-hydroxylation sites is 1. The molecule has 6 nitrogen and oxygen atoms in total. The fraction of sp³-hybridized carbons (Fsp3) is 0.250. The maximum atomic E-state index is 13.1. The molecule has 2 aromatic carbocycles. The summed E-state index contributed by atoms with van der Waals surface area (Å²) in [4.78, 5) is 18.9. The number of nitrogens with zero attached hydrogens (tertiary/aromatic N) is 3. The third-order valence-corrected chi connectivity index (χ3v) is 5.78. The number of H-pyrrole nitrogens is 1. The van der Waals surface area contributed by atoms with Crippen LogP contribution in [0.15, 0.2) is 73.1 Å². The molecule has 2 N–H and O–H groups in total. The molecule has 0 radical (unpaired) electrons. The van der Waals surface area contributed by atoms with Crippen LogP contribution in [0.4, 0.5) is 5.69 Å². The van der Waals surface area contributed by atoms with Crippen LogP contribution in [0.1, 0.15) is 25.0 Å². The van der Waals surface area contributed by atoms with Crippen LogP contribution in [-0.4, -0.2) is 38.2 Å². The van der Waals surface area contributed by atoms with Crippen LogP contribution in [0.25, 0.3) is 16.6 Å². The van der Waals surface area contributed by atoms with Gasteiger partial charge in [-0.05, 0) is 67.2 Å². The van der Waals surface area contributed by atoms with Crippen LogP contribution < -0.4 is 5.32 Å². The van der Waals surface area contributed by atoms with Crippen LogP contribution in [0.3, 0.4) is 0 Å². The number of carbonyl (C=O) groups excluding carboxylic acids is 1. The molecule has 1 atom stereocenters. The molecule has 1 fully saturated rings. The third-order valence-electron chi connectivity index (χ3n) is 5.78. The monoisotopic (exact) mass is 399 g/mol. The van der Waals surface area contributed by atoms with Gasteiger partial charge in [0, 0.05) is 35.8 Å². The number of piperidine rings is 1. The van der Waals surface area contributed by atoms with E-state index in [1.54, 1.807) is 10.9 Å². The second-order valence-corrected chi connectivity index (χ2v) is 7.85. The van der Waals surface area contributed by atoms with Gasteiger partial charge in [-0.15, -0.1) is 0 Å². The highest BCUT2D eigenvalue weighted by atomic mass is 16.2. The van der Waals surface area contributed by atoms with Gasteiger partial charge in [-0.2, -0.15) is 5.10 Å². The summed E-state index contributed by atoms with van der Waals surface area (Å²) in [6.07, 6.45) is 6.75. The van der Waals surface area contributed by atoms with Crippen LogP contribution in [0.2, 0.25) is 0 Å². The van der Waals surface area contributed by atoms with Crippen molar-refractivity contribution in [2.45, 2.75) is 31.8 Å². The predicted molar refractivity (Wildman–Crippen MR) is 119 cm³/mol. The maximum absolute atomic E-state index is 13.1. The summed E-state index contributed by atoms with van der Waals surface area (Å²) in [5.41, 5.74) is 4.07. The van der Waals surface area contributed by atoms with Crippen molar-refractivity contribution in [2.24, 2.45) is 0 Å². The van der Waals surface area contributed by atoms with E-state index in [-0.39, 0.29) is 11.9 Å². The molecule has 5 rings (SSSR count). The number of rotatable bonds is 5. The molecule has 30 heavy (non-hydrogen) atoms. The van der Waals surface area contributed by atoms with Gasteiger partial charge in [0.2, 0.25) is 5.91 Å². The lowest BCUT2D eigenvalue weighted by Gasteiger charge is -2.34. The second kappa shape index (κ2) is 8.16. The zero-order chi connectivity index (χ0) is 20.3. The van der Waals surface area contributed by atoms with E-state index in [0.717, 1.165) is 54.9 Å². The Kier molecular flexibility index (Phi) is 5.07. The Hall–Kier alpha value is -3.38. The van der Waals surface area contributed by atoms with Gasteiger partial charge in [0.1, 0.15) is 0 Å². The van der Waals surface area contributed by atoms with Gasteiger partial charge in [-0.3, -0.25) is 9.69 Å². The molecule has 1 aliphatic heterocycles. The number of anilines is 1. The number of aromatic amines is 1. The van der Waals surface area contributed by atoms with E-state index in [1.165, 1.54) is 5.39 Å². The summed E-state index contributed by atoms with van der Waals surface area (Å²) in [6.45, 7) is 1.69. The van der Waals surface area contributed by atoms with Crippen molar-refractivity contribution in [1.29, 1.82) is 0 Å². The standard InChI is InChI=1S/C24H25N5O/c30-24(27-19-9-11-21(12-10-19)29-15-5-13-25-29)23-8-3-4-14-28(23)17-20-16-18-6-1-2-7-22(18)26-20/h1-2,5-7,9-13,15-16,23,26H,3-4,8,14,17H2,(H,27,30). The van der Waals surface area contributed by atoms with E-state index in [4.69, 9.17) is 0 Å². The first-order valence-electron chi connectivity index (χ1n) is 10.5. The lowest BCUT2D eigenvalue weighted by atomic mass is 10.0. The van der Waals surface area contributed by atoms with Gasteiger partial charge in [0.15, 0.2) is 0 Å². The van der Waals surface area contributed by atoms with Gasteiger partial charge in [-0.25, -0.2) is 4.68 Å².